The van der Waals surface area contributed by atoms with Crippen molar-refractivity contribution in [3.63, 3.8) is 0 Å². The molecule has 0 radical (unpaired) electrons. The number of hydrogen-bond donors (Lipinski definition) is 2. The molecule has 1 fully saturated rings. The van der Waals surface area contributed by atoms with Crippen molar-refractivity contribution in [2.45, 2.75) is 18.8 Å². The minimum absolute atomic E-state index is 0.0785. The molecule has 5 heteroatoms. The standard InChI is InChI=1S/C13H14ClN3O/c14-9-1-2-10-11(7-9)16-12(17-13(10)18)8-3-5-15-6-4-8/h1-2,7-8,15H,3-6H2,(H,16,17,18). The normalized spacial score (nSPS) is 17.2. The van der Waals surface area contributed by atoms with Crippen LogP contribution in [0.2, 0.25) is 5.02 Å². The lowest BCUT2D eigenvalue weighted by molar-refractivity contribution is 0.445. The molecule has 18 heavy (non-hydrogen) atoms. The molecule has 3 rings (SSSR count). The molecule has 2 aromatic rings. The van der Waals surface area contributed by atoms with Gasteiger partial charge in [-0.3, -0.25) is 4.79 Å². The van der Waals surface area contributed by atoms with Gasteiger partial charge in [0.15, 0.2) is 0 Å². The van der Waals surface area contributed by atoms with Gasteiger partial charge in [0.05, 0.1) is 10.9 Å². The highest BCUT2D eigenvalue weighted by molar-refractivity contribution is 6.31. The highest BCUT2D eigenvalue weighted by Gasteiger charge is 2.18. The van der Waals surface area contributed by atoms with E-state index in [2.05, 4.69) is 15.3 Å². The minimum atomic E-state index is -0.0785. The number of nitrogens with zero attached hydrogens (tertiary/aromatic N) is 1. The lowest BCUT2D eigenvalue weighted by Crippen LogP contribution is -2.28. The summed E-state index contributed by atoms with van der Waals surface area (Å²) in [5, 5.41) is 4.51. The van der Waals surface area contributed by atoms with Gasteiger partial charge in [-0.05, 0) is 44.1 Å². The van der Waals surface area contributed by atoms with Crippen molar-refractivity contribution in [1.29, 1.82) is 0 Å². The Morgan fingerprint density at radius 1 is 1.28 bits per heavy atom. The van der Waals surface area contributed by atoms with Gasteiger partial charge in [0.2, 0.25) is 0 Å². The van der Waals surface area contributed by atoms with E-state index in [1.54, 1.807) is 18.2 Å². The van der Waals surface area contributed by atoms with Gasteiger partial charge in [0, 0.05) is 10.9 Å². The van der Waals surface area contributed by atoms with E-state index in [0.29, 0.717) is 21.8 Å². The number of hydrogen-bond acceptors (Lipinski definition) is 3. The molecule has 1 aliphatic rings. The lowest BCUT2D eigenvalue weighted by atomic mass is 9.97. The van der Waals surface area contributed by atoms with Gasteiger partial charge in [0.25, 0.3) is 5.56 Å². The first kappa shape index (κ1) is 11.7. The van der Waals surface area contributed by atoms with Crippen LogP contribution in [0.5, 0.6) is 0 Å². The SMILES string of the molecule is O=c1[nH]c(C2CCNCC2)nc2cc(Cl)ccc12. The molecule has 0 spiro atoms. The Labute approximate surface area is 109 Å². The molecule has 94 valence electrons. The van der Waals surface area contributed by atoms with E-state index in [4.69, 9.17) is 11.6 Å². The van der Waals surface area contributed by atoms with E-state index >= 15 is 0 Å². The zero-order valence-corrected chi connectivity index (χ0v) is 10.6. The lowest BCUT2D eigenvalue weighted by Gasteiger charge is -2.21. The Morgan fingerprint density at radius 3 is 2.83 bits per heavy atom. The Kier molecular flexibility index (Phi) is 3.06. The molecule has 1 saturated heterocycles. The third-order valence-corrected chi connectivity index (χ3v) is 3.65. The van der Waals surface area contributed by atoms with Crippen LogP contribution < -0.4 is 10.9 Å². The Morgan fingerprint density at radius 2 is 2.06 bits per heavy atom. The first-order valence-electron chi connectivity index (χ1n) is 6.14. The number of aromatic nitrogens is 2. The predicted octanol–water partition coefficient (Wildman–Crippen LogP) is 2.04. The molecule has 4 nitrogen and oxygen atoms in total. The summed E-state index contributed by atoms with van der Waals surface area (Å²) >= 11 is 5.95. The Bertz CT molecular complexity index is 632. The molecule has 0 atom stereocenters. The summed E-state index contributed by atoms with van der Waals surface area (Å²) in [4.78, 5) is 19.5. The van der Waals surface area contributed by atoms with Crippen LogP contribution in [-0.2, 0) is 0 Å². The summed E-state index contributed by atoms with van der Waals surface area (Å²) < 4.78 is 0. The average molecular weight is 264 g/mol. The second-order valence-electron chi connectivity index (χ2n) is 4.64. The maximum atomic E-state index is 12.0. The molecule has 0 aliphatic carbocycles. The Balaban J connectivity index is 2.10. The van der Waals surface area contributed by atoms with E-state index < -0.39 is 0 Å². The summed E-state index contributed by atoms with van der Waals surface area (Å²) in [6.07, 6.45) is 2.02. The predicted molar refractivity (Wildman–Crippen MR) is 72.2 cm³/mol. The van der Waals surface area contributed by atoms with Crippen LogP contribution in [0.15, 0.2) is 23.0 Å². The largest absolute Gasteiger partial charge is 0.317 e. The highest BCUT2D eigenvalue weighted by Crippen LogP contribution is 2.23. The van der Waals surface area contributed by atoms with Crippen LogP contribution >= 0.6 is 11.6 Å². The van der Waals surface area contributed by atoms with Gasteiger partial charge in [-0.2, -0.15) is 0 Å². The van der Waals surface area contributed by atoms with Crippen molar-refractivity contribution in [3.8, 4) is 0 Å². The van der Waals surface area contributed by atoms with Crippen LogP contribution in [0.3, 0.4) is 0 Å². The number of halogens is 1. The molecular formula is C13H14ClN3O. The first-order valence-corrected chi connectivity index (χ1v) is 6.52. The molecule has 0 bridgehead atoms. The van der Waals surface area contributed by atoms with Crippen LogP contribution in [-0.4, -0.2) is 23.1 Å². The molecule has 1 aliphatic heterocycles. The maximum absolute atomic E-state index is 12.0. The van der Waals surface area contributed by atoms with Crippen molar-refractivity contribution in [2.24, 2.45) is 0 Å². The van der Waals surface area contributed by atoms with Gasteiger partial charge in [-0.25, -0.2) is 4.98 Å². The van der Waals surface area contributed by atoms with Crippen LogP contribution in [0.4, 0.5) is 0 Å². The minimum Gasteiger partial charge on any atom is -0.317 e. The van der Waals surface area contributed by atoms with Crippen molar-refractivity contribution >= 4 is 22.5 Å². The zero-order chi connectivity index (χ0) is 12.5. The summed E-state index contributed by atoms with van der Waals surface area (Å²) in [6, 6.07) is 5.18. The van der Waals surface area contributed by atoms with Gasteiger partial charge < -0.3 is 10.3 Å². The third-order valence-electron chi connectivity index (χ3n) is 3.41. The van der Waals surface area contributed by atoms with Gasteiger partial charge in [-0.1, -0.05) is 11.6 Å². The number of H-pyrrole nitrogens is 1. The van der Waals surface area contributed by atoms with Crippen molar-refractivity contribution in [3.05, 3.63) is 39.4 Å². The number of fused-ring (bicyclic) bond motifs is 1. The molecular weight excluding hydrogens is 250 g/mol. The molecule has 0 unspecified atom stereocenters. The third kappa shape index (κ3) is 2.13. The smallest absolute Gasteiger partial charge is 0.258 e. The van der Waals surface area contributed by atoms with Crippen molar-refractivity contribution in [2.75, 3.05) is 13.1 Å². The van der Waals surface area contributed by atoms with Gasteiger partial charge >= 0.3 is 0 Å². The Hall–Kier alpha value is -1.39. The summed E-state index contributed by atoms with van der Waals surface area (Å²) in [7, 11) is 0. The fourth-order valence-electron chi connectivity index (χ4n) is 2.42. The number of benzene rings is 1. The summed E-state index contributed by atoms with van der Waals surface area (Å²) in [5.74, 6) is 1.12. The fraction of sp³-hybridized carbons (Fsp3) is 0.385. The molecule has 2 heterocycles. The van der Waals surface area contributed by atoms with Crippen molar-refractivity contribution < 1.29 is 0 Å². The van der Waals surface area contributed by atoms with Crippen LogP contribution in [0.1, 0.15) is 24.6 Å². The second kappa shape index (κ2) is 4.71. The molecule has 1 aromatic carbocycles. The number of rotatable bonds is 1. The molecule has 1 aromatic heterocycles. The van der Waals surface area contributed by atoms with Crippen LogP contribution in [0.25, 0.3) is 10.9 Å². The van der Waals surface area contributed by atoms with E-state index in [0.717, 1.165) is 31.8 Å². The van der Waals surface area contributed by atoms with E-state index in [9.17, 15) is 4.79 Å². The van der Waals surface area contributed by atoms with E-state index in [1.165, 1.54) is 0 Å². The summed E-state index contributed by atoms with van der Waals surface area (Å²) in [6.45, 7) is 1.95. The van der Waals surface area contributed by atoms with Gasteiger partial charge in [0.1, 0.15) is 5.82 Å². The van der Waals surface area contributed by atoms with Crippen LogP contribution in [0, 0.1) is 0 Å². The molecule has 2 N–H and O–H groups in total. The fourth-order valence-corrected chi connectivity index (χ4v) is 2.59. The number of piperidine rings is 1. The average Bonchev–Trinajstić information content (AvgIpc) is 2.39. The maximum Gasteiger partial charge on any atom is 0.258 e. The second-order valence-corrected chi connectivity index (χ2v) is 5.07. The monoisotopic (exact) mass is 263 g/mol. The topological polar surface area (TPSA) is 57.8 Å². The molecule has 0 amide bonds. The highest BCUT2D eigenvalue weighted by atomic mass is 35.5. The van der Waals surface area contributed by atoms with Crippen molar-refractivity contribution in [1.82, 2.24) is 15.3 Å². The van der Waals surface area contributed by atoms with E-state index in [1.807, 2.05) is 0 Å². The number of aromatic amines is 1. The van der Waals surface area contributed by atoms with Gasteiger partial charge in [-0.15, -0.1) is 0 Å². The molecule has 0 saturated carbocycles. The number of nitrogens with one attached hydrogen (secondary N) is 2. The first-order chi connectivity index (χ1) is 8.74. The summed E-state index contributed by atoms with van der Waals surface area (Å²) in [5.41, 5.74) is 0.602. The van der Waals surface area contributed by atoms with E-state index in [-0.39, 0.29) is 5.56 Å². The quantitative estimate of drug-likeness (QED) is 0.828. The zero-order valence-electron chi connectivity index (χ0n) is 9.87.